The maximum atomic E-state index is 12.8. The number of nitrogens with zero attached hydrogens (tertiary/aromatic N) is 4. The Morgan fingerprint density at radius 2 is 2.14 bits per heavy atom. The van der Waals surface area contributed by atoms with Crippen LogP contribution in [0.2, 0.25) is 0 Å². The molecule has 0 saturated carbocycles. The van der Waals surface area contributed by atoms with Crippen LogP contribution < -0.4 is 4.90 Å². The van der Waals surface area contributed by atoms with E-state index in [-0.39, 0.29) is 12.6 Å². The molecule has 2 aliphatic heterocycles. The quantitative estimate of drug-likeness (QED) is 0.851. The van der Waals surface area contributed by atoms with E-state index in [2.05, 4.69) is 14.9 Å². The van der Waals surface area contributed by atoms with E-state index in [1.54, 1.807) is 4.90 Å². The van der Waals surface area contributed by atoms with Gasteiger partial charge in [0.15, 0.2) is 0 Å². The van der Waals surface area contributed by atoms with Gasteiger partial charge in [0, 0.05) is 32.4 Å². The van der Waals surface area contributed by atoms with E-state index in [1.807, 2.05) is 0 Å². The Balaban J connectivity index is 1.84. The van der Waals surface area contributed by atoms with Gasteiger partial charge < -0.3 is 14.7 Å². The second-order valence-electron chi connectivity index (χ2n) is 5.58. The first-order valence-corrected chi connectivity index (χ1v) is 7.03. The number of hydrogen-bond donors (Lipinski definition) is 1. The van der Waals surface area contributed by atoms with Gasteiger partial charge in [0.1, 0.15) is 5.69 Å². The minimum atomic E-state index is -4.50. The van der Waals surface area contributed by atoms with Crippen molar-refractivity contribution in [3.05, 3.63) is 18.0 Å². The van der Waals surface area contributed by atoms with Crippen LogP contribution in [-0.2, 0) is 10.9 Å². The van der Waals surface area contributed by atoms with E-state index >= 15 is 0 Å². The van der Waals surface area contributed by atoms with Crippen molar-refractivity contribution in [2.24, 2.45) is 0 Å². The first-order valence-electron chi connectivity index (χ1n) is 7.03. The van der Waals surface area contributed by atoms with Gasteiger partial charge >= 0.3 is 6.18 Å². The lowest BCUT2D eigenvalue weighted by Crippen LogP contribution is -2.69. The molecule has 0 bridgehead atoms. The summed E-state index contributed by atoms with van der Waals surface area (Å²) in [6.45, 7) is 3.01. The second-order valence-corrected chi connectivity index (χ2v) is 5.58. The van der Waals surface area contributed by atoms with Crippen LogP contribution in [0.5, 0.6) is 0 Å². The zero-order valence-electron chi connectivity index (χ0n) is 11.9. The summed E-state index contributed by atoms with van der Waals surface area (Å²) in [6.07, 6.45) is -3.39. The molecule has 2 saturated heterocycles. The maximum Gasteiger partial charge on any atom is 0.433 e. The number of alkyl halides is 3. The minimum Gasteiger partial charge on any atom is -0.394 e. The summed E-state index contributed by atoms with van der Waals surface area (Å²) in [5.74, 6) is 0.0351. The first-order chi connectivity index (χ1) is 10.4. The average molecular weight is 318 g/mol. The fourth-order valence-corrected chi connectivity index (χ4v) is 2.96. The number of halogens is 3. The summed E-state index contributed by atoms with van der Waals surface area (Å²) in [7, 11) is 0. The molecule has 0 spiro atoms. The van der Waals surface area contributed by atoms with Crippen molar-refractivity contribution in [2.75, 3.05) is 50.9 Å². The fraction of sp³-hybridized carbons (Fsp3) is 0.692. The number of morpholine rings is 1. The number of piperazine rings is 1. The summed E-state index contributed by atoms with van der Waals surface area (Å²) < 4.78 is 43.8. The van der Waals surface area contributed by atoms with E-state index < -0.39 is 17.4 Å². The first kappa shape index (κ1) is 15.4. The number of aromatic nitrogens is 2. The predicted molar refractivity (Wildman–Crippen MR) is 71.5 cm³/mol. The van der Waals surface area contributed by atoms with Crippen LogP contribution in [0.4, 0.5) is 19.1 Å². The molecular formula is C13H17F3N4O2. The van der Waals surface area contributed by atoms with Gasteiger partial charge in [0.25, 0.3) is 0 Å². The number of anilines is 1. The van der Waals surface area contributed by atoms with Crippen molar-refractivity contribution in [1.82, 2.24) is 14.9 Å². The Morgan fingerprint density at radius 3 is 2.86 bits per heavy atom. The fourth-order valence-electron chi connectivity index (χ4n) is 2.96. The maximum absolute atomic E-state index is 12.8. The van der Waals surface area contributed by atoms with Crippen molar-refractivity contribution >= 4 is 5.95 Å². The van der Waals surface area contributed by atoms with E-state index in [0.29, 0.717) is 39.4 Å². The highest BCUT2D eigenvalue weighted by atomic mass is 19.4. The molecule has 1 N–H and O–H groups in total. The zero-order valence-corrected chi connectivity index (χ0v) is 11.9. The summed E-state index contributed by atoms with van der Waals surface area (Å²) in [6, 6.07) is 0.852. The van der Waals surface area contributed by atoms with Crippen LogP contribution in [0, 0.1) is 0 Å². The molecule has 6 nitrogen and oxygen atoms in total. The molecular weight excluding hydrogens is 301 g/mol. The van der Waals surface area contributed by atoms with Gasteiger partial charge in [-0.1, -0.05) is 0 Å². The molecule has 2 aliphatic rings. The summed E-state index contributed by atoms with van der Waals surface area (Å²) >= 11 is 0. The van der Waals surface area contributed by atoms with Gasteiger partial charge in [-0.05, 0) is 6.07 Å². The highest BCUT2D eigenvalue weighted by Crippen LogP contribution is 2.30. The average Bonchev–Trinajstić information content (AvgIpc) is 2.53. The third-order valence-electron chi connectivity index (χ3n) is 4.18. The number of rotatable bonds is 2. The molecule has 3 heterocycles. The number of hydrogen-bond acceptors (Lipinski definition) is 6. The second kappa shape index (κ2) is 5.64. The Kier molecular flexibility index (Phi) is 3.96. The van der Waals surface area contributed by atoms with Gasteiger partial charge in [-0.2, -0.15) is 13.2 Å². The van der Waals surface area contributed by atoms with Gasteiger partial charge in [-0.15, -0.1) is 0 Å². The highest BCUT2D eigenvalue weighted by Gasteiger charge is 2.44. The molecule has 0 aliphatic carbocycles. The largest absolute Gasteiger partial charge is 0.433 e. The normalized spacial score (nSPS) is 26.8. The van der Waals surface area contributed by atoms with E-state index in [1.165, 1.54) is 0 Å². The SMILES string of the molecule is OC[C@]12COCCN1CCN(c1nccc(C(F)(F)F)n1)C2. The standard InChI is InChI=1S/C13H17F3N4O2/c14-13(15,16)10-1-2-17-11(18-10)19-3-4-20-5-6-22-9-12(20,7-19)8-21/h1-2,21H,3-9H2/t12-/m1/s1. The lowest BCUT2D eigenvalue weighted by Gasteiger charge is -2.52. The predicted octanol–water partition coefficient (Wildman–Crippen LogP) is 0.379. The van der Waals surface area contributed by atoms with E-state index in [0.717, 1.165) is 12.3 Å². The molecule has 3 rings (SSSR count). The lowest BCUT2D eigenvalue weighted by atomic mass is 9.94. The van der Waals surface area contributed by atoms with Crippen LogP contribution in [-0.4, -0.2) is 71.5 Å². The van der Waals surface area contributed by atoms with Crippen LogP contribution in [0.25, 0.3) is 0 Å². The van der Waals surface area contributed by atoms with Crippen molar-refractivity contribution in [2.45, 2.75) is 11.7 Å². The molecule has 122 valence electrons. The van der Waals surface area contributed by atoms with Gasteiger partial charge in [0.2, 0.25) is 5.95 Å². The molecule has 0 aromatic carbocycles. The molecule has 1 atom stereocenters. The van der Waals surface area contributed by atoms with E-state index in [4.69, 9.17) is 4.74 Å². The van der Waals surface area contributed by atoms with Crippen LogP contribution in [0.1, 0.15) is 5.69 Å². The van der Waals surface area contributed by atoms with Crippen LogP contribution in [0.15, 0.2) is 12.3 Å². The molecule has 1 aromatic heterocycles. The molecule has 1 aromatic rings. The lowest BCUT2D eigenvalue weighted by molar-refractivity contribution is -0.141. The van der Waals surface area contributed by atoms with Crippen LogP contribution in [0.3, 0.4) is 0 Å². The highest BCUT2D eigenvalue weighted by molar-refractivity contribution is 5.34. The van der Waals surface area contributed by atoms with Gasteiger partial charge in [0.05, 0.1) is 25.4 Å². The van der Waals surface area contributed by atoms with Crippen molar-refractivity contribution < 1.29 is 23.0 Å². The Labute approximate surface area is 125 Å². The molecule has 9 heteroatoms. The molecule has 2 fully saturated rings. The number of fused-ring (bicyclic) bond motifs is 1. The van der Waals surface area contributed by atoms with Crippen molar-refractivity contribution in [1.29, 1.82) is 0 Å². The Morgan fingerprint density at radius 1 is 1.32 bits per heavy atom. The molecule has 0 radical (unpaired) electrons. The van der Waals surface area contributed by atoms with Gasteiger partial charge in [-0.25, -0.2) is 9.97 Å². The summed E-state index contributed by atoms with van der Waals surface area (Å²) in [4.78, 5) is 11.4. The third-order valence-corrected chi connectivity index (χ3v) is 4.18. The Bertz CT molecular complexity index is 542. The summed E-state index contributed by atoms with van der Waals surface area (Å²) in [5.41, 5.74) is -1.56. The number of ether oxygens (including phenoxy) is 1. The molecule has 0 unspecified atom stereocenters. The number of aliphatic hydroxyl groups is 1. The van der Waals surface area contributed by atoms with E-state index in [9.17, 15) is 18.3 Å². The van der Waals surface area contributed by atoms with Crippen molar-refractivity contribution in [3.63, 3.8) is 0 Å². The zero-order chi connectivity index (χ0) is 15.8. The minimum absolute atomic E-state index is 0.0351. The smallest absolute Gasteiger partial charge is 0.394 e. The monoisotopic (exact) mass is 318 g/mol. The van der Waals surface area contributed by atoms with Gasteiger partial charge in [-0.3, -0.25) is 4.90 Å². The Hall–Kier alpha value is -1.45. The molecule has 22 heavy (non-hydrogen) atoms. The topological polar surface area (TPSA) is 61.7 Å². The number of aliphatic hydroxyl groups excluding tert-OH is 1. The molecule has 0 amide bonds. The van der Waals surface area contributed by atoms with Crippen LogP contribution >= 0.6 is 0 Å². The summed E-state index contributed by atoms with van der Waals surface area (Å²) in [5, 5.41) is 9.76. The third kappa shape index (κ3) is 2.75. The van der Waals surface area contributed by atoms with Crippen molar-refractivity contribution in [3.8, 4) is 0 Å².